The van der Waals surface area contributed by atoms with Crippen LogP contribution in [-0.2, 0) is 4.79 Å². The Morgan fingerprint density at radius 1 is 1.43 bits per heavy atom. The van der Waals surface area contributed by atoms with Crippen LogP contribution in [0.3, 0.4) is 0 Å². The maximum absolute atomic E-state index is 11.6. The molecule has 0 aromatic rings. The molecule has 3 heteroatoms. The lowest BCUT2D eigenvalue weighted by Gasteiger charge is -2.20. The molecule has 0 heterocycles. The molecule has 14 heavy (non-hydrogen) atoms. The first-order chi connectivity index (χ1) is 6.76. The van der Waals surface area contributed by atoms with E-state index >= 15 is 0 Å². The zero-order valence-electron chi connectivity index (χ0n) is 9.38. The van der Waals surface area contributed by atoms with Crippen molar-refractivity contribution in [1.29, 1.82) is 0 Å². The number of amides is 1. The maximum Gasteiger partial charge on any atom is 0.236 e. The Labute approximate surface area is 87.2 Å². The van der Waals surface area contributed by atoms with E-state index in [4.69, 9.17) is 0 Å². The molecule has 0 spiro atoms. The number of nitrogens with zero attached hydrogens (tertiary/aromatic N) is 1. The van der Waals surface area contributed by atoms with Crippen molar-refractivity contribution in [3.05, 3.63) is 12.7 Å². The first-order valence-corrected chi connectivity index (χ1v) is 5.35. The van der Waals surface area contributed by atoms with Gasteiger partial charge in [0.05, 0.1) is 6.54 Å². The van der Waals surface area contributed by atoms with Gasteiger partial charge in [0, 0.05) is 13.1 Å². The summed E-state index contributed by atoms with van der Waals surface area (Å²) in [5, 5.41) is 3.11. The Morgan fingerprint density at radius 3 is 2.64 bits per heavy atom. The number of carbonyl (C=O) groups excluding carboxylic acids is 1. The number of rotatable bonds is 8. The zero-order valence-corrected chi connectivity index (χ0v) is 9.38. The second-order valence-electron chi connectivity index (χ2n) is 3.31. The van der Waals surface area contributed by atoms with E-state index in [0.717, 1.165) is 25.9 Å². The van der Waals surface area contributed by atoms with Crippen molar-refractivity contribution >= 4 is 5.91 Å². The van der Waals surface area contributed by atoms with Gasteiger partial charge < -0.3 is 10.2 Å². The number of carbonyl (C=O) groups is 1. The molecule has 0 aromatic carbocycles. The van der Waals surface area contributed by atoms with Gasteiger partial charge in [-0.3, -0.25) is 4.79 Å². The van der Waals surface area contributed by atoms with Gasteiger partial charge in [-0.15, -0.1) is 6.58 Å². The number of nitrogens with one attached hydrogen (secondary N) is 1. The molecule has 0 aliphatic heterocycles. The largest absolute Gasteiger partial charge is 0.338 e. The fraction of sp³-hybridized carbons (Fsp3) is 0.727. The smallest absolute Gasteiger partial charge is 0.236 e. The van der Waals surface area contributed by atoms with E-state index < -0.39 is 0 Å². The lowest BCUT2D eigenvalue weighted by atomic mass is 10.3. The third-order valence-electron chi connectivity index (χ3n) is 1.90. The second kappa shape index (κ2) is 8.75. The second-order valence-corrected chi connectivity index (χ2v) is 3.31. The molecule has 0 fully saturated rings. The quantitative estimate of drug-likeness (QED) is 0.472. The SMILES string of the molecule is C=CCN(CCC)C(=O)CNCCC. The van der Waals surface area contributed by atoms with Gasteiger partial charge in [0.1, 0.15) is 0 Å². The van der Waals surface area contributed by atoms with Crippen LogP contribution in [0.25, 0.3) is 0 Å². The van der Waals surface area contributed by atoms with Crippen molar-refractivity contribution in [2.75, 3.05) is 26.2 Å². The molecular weight excluding hydrogens is 176 g/mol. The van der Waals surface area contributed by atoms with E-state index in [1.807, 2.05) is 4.90 Å². The summed E-state index contributed by atoms with van der Waals surface area (Å²) in [6, 6.07) is 0. The van der Waals surface area contributed by atoms with Gasteiger partial charge in [-0.05, 0) is 19.4 Å². The van der Waals surface area contributed by atoms with Gasteiger partial charge in [-0.2, -0.15) is 0 Å². The molecule has 82 valence electrons. The number of hydrogen-bond donors (Lipinski definition) is 1. The van der Waals surface area contributed by atoms with Crippen LogP contribution in [0.1, 0.15) is 26.7 Å². The highest BCUT2D eigenvalue weighted by molar-refractivity contribution is 5.78. The van der Waals surface area contributed by atoms with Crippen LogP contribution in [0.5, 0.6) is 0 Å². The monoisotopic (exact) mass is 198 g/mol. The normalized spacial score (nSPS) is 9.86. The molecule has 0 saturated heterocycles. The molecule has 0 rings (SSSR count). The third kappa shape index (κ3) is 5.75. The highest BCUT2D eigenvalue weighted by Crippen LogP contribution is 1.92. The average molecular weight is 198 g/mol. The molecule has 0 aromatic heterocycles. The van der Waals surface area contributed by atoms with Crippen molar-refractivity contribution in [1.82, 2.24) is 10.2 Å². The summed E-state index contributed by atoms with van der Waals surface area (Å²) < 4.78 is 0. The fourth-order valence-electron chi connectivity index (χ4n) is 1.23. The molecule has 0 aliphatic carbocycles. The molecule has 0 atom stereocenters. The van der Waals surface area contributed by atoms with Crippen molar-refractivity contribution in [2.45, 2.75) is 26.7 Å². The Hall–Kier alpha value is -0.830. The Bertz CT molecular complexity index is 169. The molecule has 1 amide bonds. The van der Waals surface area contributed by atoms with Crippen molar-refractivity contribution < 1.29 is 4.79 Å². The predicted octanol–water partition coefficient (Wildman–Crippen LogP) is 1.41. The molecule has 0 bridgehead atoms. The van der Waals surface area contributed by atoms with Gasteiger partial charge in [0.2, 0.25) is 5.91 Å². The van der Waals surface area contributed by atoms with Gasteiger partial charge in [-0.1, -0.05) is 19.9 Å². The first-order valence-electron chi connectivity index (χ1n) is 5.35. The molecule has 3 nitrogen and oxygen atoms in total. The van der Waals surface area contributed by atoms with Crippen LogP contribution in [0.15, 0.2) is 12.7 Å². The van der Waals surface area contributed by atoms with Crippen molar-refractivity contribution in [3.8, 4) is 0 Å². The summed E-state index contributed by atoms with van der Waals surface area (Å²) in [5.41, 5.74) is 0. The molecule has 0 aliphatic rings. The van der Waals surface area contributed by atoms with Crippen LogP contribution < -0.4 is 5.32 Å². The van der Waals surface area contributed by atoms with Crippen molar-refractivity contribution in [2.24, 2.45) is 0 Å². The van der Waals surface area contributed by atoms with Crippen LogP contribution in [-0.4, -0.2) is 37.0 Å². The van der Waals surface area contributed by atoms with Gasteiger partial charge >= 0.3 is 0 Å². The van der Waals surface area contributed by atoms with Crippen LogP contribution >= 0.6 is 0 Å². The molecular formula is C11H22N2O. The highest BCUT2D eigenvalue weighted by atomic mass is 16.2. The van der Waals surface area contributed by atoms with E-state index in [9.17, 15) is 4.79 Å². The van der Waals surface area contributed by atoms with E-state index in [1.54, 1.807) is 6.08 Å². The maximum atomic E-state index is 11.6. The van der Waals surface area contributed by atoms with Gasteiger partial charge in [0.25, 0.3) is 0 Å². The lowest BCUT2D eigenvalue weighted by molar-refractivity contribution is -0.129. The zero-order chi connectivity index (χ0) is 10.8. The summed E-state index contributed by atoms with van der Waals surface area (Å²) in [5.74, 6) is 0.167. The minimum Gasteiger partial charge on any atom is -0.338 e. The van der Waals surface area contributed by atoms with E-state index in [-0.39, 0.29) is 5.91 Å². The summed E-state index contributed by atoms with van der Waals surface area (Å²) >= 11 is 0. The minimum absolute atomic E-state index is 0.167. The minimum atomic E-state index is 0.167. The molecule has 0 saturated carbocycles. The summed E-state index contributed by atoms with van der Waals surface area (Å²) in [4.78, 5) is 13.4. The van der Waals surface area contributed by atoms with Crippen LogP contribution in [0.4, 0.5) is 0 Å². The number of hydrogen-bond acceptors (Lipinski definition) is 2. The summed E-state index contributed by atoms with van der Waals surface area (Å²) in [6.07, 6.45) is 3.82. The van der Waals surface area contributed by atoms with Gasteiger partial charge in [0.15, 0.2) is 0 Å². The predicted molar refractivity (Wildman–Crippen MR) is 60.2 cm³/mol. The third-order valence-corrected chi connectivity index (χ3v) is 1.90. The summed E-state index contributed by atoms with van der Waals surface area (Å²) in [6.45, 7) is 10.6. The van der Waals surface area contributed by atoms with E-state index in [0.29, 0.717) is 13.1 Å². The topological polar surface area (TPSA) is 32.3 Å². The fourth-order valence-corrected chi connectivity index (χ4v) is 1.23. The molecule has 1 N–H and O–H groups in total. The Kier molecular flexibility index (Phi) is 8.24. The Morgan fingerprint density at radius 2 is 2.14 bits per heavy atom. The van der Waals surface area contributed by atoms with Crippen LogP contribution in [0, 0.1) is 0 Å². The van der Waals surface area contributed by atoms with E-state index in [2.05, 4.69) is 25.7 Å². The van der Waals surface area contributed by atoms with Crippen molar-refractivity contribution in [3.63, 3.8) is 0 Å². The average Bonchev–Trinajstić information content (AvgIpc) is 2.18. The molecule has 0 radical (unpaired) electrons. The standard InChI is InChI=1S/C11H22N2O/c1-4-7-12-10-11(14)13(8-5-2)9-6-3/h5,12H,2,4,6-10H2,1,3H3. The Balaban J connectivity index is 3.81. The van der Waals surface area contributed by atoms with Crippen LogP contribution in [0.2, 0.25) is 0 Å². The highest BCUT2D eigenvalue weighted by Gasteiger charge is 2.09. The summed E-state index contributed by atoms with van der Waals surface area (Å²) in [7, 11) is 0. The molecule has 0 unspecified atom stereocenters. The van der Waals surface area contributed by atoms with Gasteiger partial charge in [-0.25, -0.2) is 0 Å². The first kappa shape index (κ1) is 13.2. The van der Waals surface area contributed by atoms with E-state index in [1.165, 1.54) is 0 Å². The lowest BCUT2D eigenvalue weighted by Crippen LogP contribution is -2.38.